The minimum absolute atomic E-state index is 0.803. The standard InChI is InChI=1S/C15H16N4O/c1-2-14(20-9-1)13-11-19-6-3-12(10-15(19)17-13)18-7-4-16-5-8-18/h1-3,6,9-11,16H,4-5,7-8H2. The fourth-order valence-corrected chi connectivity index (χ4v) is 2.63. The van der Waals surface area contributed by atoms with Gasteiger partial charge in [0.15, 0.2) is 5.76 Å². The van der Waals surface area contributed by atoms with Crippen LogP contribution in [0.3, 0.4) is 0 Å². The Morgan fingerprint density at radius 1 is 1.20 bits per heavy atom. The molecule has 0 amide bonds. The van der Waals surface area contributed by atoms with E-state index in [-0.39, 0.29) is 0 Å². The molecular formula is C15H16N4O. The molecule has 1 aliphatic rings. The van der Waals surface area contributed by atoms with Gasteiger partial charge in [0, 0.05) is 50.3 Å². The molecule has 1 saturated heterocycles. The van der Waals surface area contributed by atoms with Crippen LogP contribution in [0.2, 0.25) is 0 Å². The predicted octanol–water partition coefficient (Wildman–Crippen LogP) is 2.00. The minimum Gasteiger partial charge on any atom is -0.463 e. The Hall–Kier alpha value is -2.27. The molecule has 1 aliphatic heterocycles. The molecular weight excluding hydrogens is 252 g/mol. The van der Waals surface area contributed by atoms with Gasteiger partial charge in [-0.1, -0.05) is 0 Å². The Kier molecular flexibility index (Phi) is 2.70. The van der Waals surface area contributed by atoms with Crippen molar-refractivity contribution in [2.75, 3.05) is 31.1 Å². The smallest absolute Gasteiger partial charge is 0.153 e. The summed E-state index contributed by atoms with van der Waals surface area (Å²) in [5.41, 5.74) is 3.05. The van der Waals surface area contributed by atoms with Crippen LogP contribution in [-0.2, 0) is 0 Å². The number of pyridine rings is 1. The van der Waals surface area contributed by atoms with Crippen molar-refractivity contribution in [1.29, 1.82) is 0 Å². The Bertz CT molecular complexity index is 711. The van der Waals surface area contributed by atoms with Gasteiger partial charge in [0.1, 0.15) is 11.3 Å². The highest BCUT2D eigenvalue weighted by molar-refractivity contribution is 5.62. The first kappa shape index (κ1) is 11.5. The van der Waals surface area contributed by atoms with Crippen molar-refractivity contribution in [3.63, 3.8) is 0 Å². The van der Waals surface area contributed by atoms with E-state index < -0.39 is 0 Å². The molecule has 0 aromatic carbocycles. The van der Waals surface area contributed by atoms with E-state index in [2.05, 4.69) is 33.5 Å². The molecule has 3 aromatic heterocycles. The lowest BCUT2D eigenvalue weighted by Crippen LogP contribution is -2.43. The first-order valence-electron chi connectivity index (χ1n) is 6.88. The van der Waals surface area contributed by atoms with Crippen LogP contribution in [0.4, 0.5) is 5.69 Å². The summed E-state index contributed by atoms with van der Waals surface area (Å²) in [7, 11) is 0. The van der Waals surface area contributed by atoms with E-state index in [0.29, 0.717) is 0 Å². The van der Waals surface area contributed by atoms with Crippen LogP contribution in [0.25, 0.3) is 17.1 Å². The zero-order valence-corrected chi connectivity index (χ0v) is 11.1. The molecule has 1 fully saturated rings. The monoisotopic (exact) mass is 268 g/mol. The number of hydrogen-bond acceptors (Lipinski definition) is 4. The van der Waals surface area contributed by atoms with Crippen LogP contribution in [0.5, 0.6) is 0 Å². The molecule has 4 heterocycles. The van der Waals surface area contributed by atoms with Gasteiger partial charge in [-0.3, -0.25) is 0 Å². The van der Waals surface area contributed by atoms with E-state index in [1.807, 2.05) is 22.7 Å². The quantitative estimate of drug-likeness (QED) is 0.772. The van der Waals surface area contributed by atoms with Crippen molar-refractivity contribution >= 4 is 11.3 Å². The van der Waals surface area contributed by atoms with Crippen LogP contribution in [0.1, 0.15) is 0 Å². The lowest BCUT2D eigenvalue weighted by atomic mass is 10.3. The number of furan rings is 1. The lowest BCUT2D eigenvalue weighted by Gasteiger charge is -2.29. The number of imidazole rings is 1. The van der Waals surface area contributed by atoms with Crippen LogP contribution < -0.4 is 10.2 Å². The number of fused-ring (bicyclic) bond motifs is 1. The third kappa shape index (κ3) is 1.96. The Balaban J connectivity index is 1.72. The van der Waals surface area contributed by atoms with Crippen LogP contribution in [0.15, 0.2) is 47.3 Å². The second-order valence-electron chi connectivity index (χ2n) is 4.99. The predicted molar refractivity (Wildman–Crippen MR) is 78.0 cm³/mol. The van der Waals surface area contributed by atoms with Gasteiger partial charge in [0.25, 0.3) is 0 Å². The molecule has 102 valence electrons. The highest BCUT2D eigenvalue weighted by atomic mass is 16.3. The molecule has 0 spiro atoms. The number of nitrogens with one attached hydrogen (secondary N) is 1. The molecule has 0 radical (unpaired) electrons. The Morgan fingerprint density at radius 2 is 2.10 bits per heavy atom. The normalized spacial score (nSPS) is 15.9. The first-order chi connectivity index (χ1) is 9.90. The maximum absolute atomic E-state index is 5.40. The van der Waals surface area contributed by atoms with Gasteiger partial charge in [-0.25, -0.2) is 4.98 Å². The highest BCUT2D eigenvalue weighted by Crippen LogP contribution is 2.22. The second-order valence-corrected chi connectivity index (χ2v) is 4.99. The van der Waals surface area contributed by atoms with E-state index in [4.69, 9.17) is 4.42 Å². The summed E-state index contributed by atoms with van der Waals surface area (Å²) in [6.45, 7) is 4.17. The van der Waals surface area contributed by atoms with Crippen molar-refractivity contribution in [1.82, 2.24) is 14.7 Å². The molecule has 0 atom stereocenters. The molecule has 3 aromatic rings. The molecule has 0 unspecified atom stereocenters. The summed E-state index contributed by atoms with van der Waals surface area (Å²) in [4.78, 5) is 7.02. The van der Waals surface area contributed by atoms with Crippen molar-refractivity contribution in [2.24, 2.45) is 0 Å². The minimum atomic E-state index is 0.803. The molecule has 5 nitrogen and oxygen atoms in total. The van der Waals surface area contributed by atoms with Crippen molar-refractivity contribution < 1.29 is 4.42 Å². The van der Waals surface area contributed by atoms with Gasteiger partial charge >= 0.3 is 0 Å². The van der Waals surface area contributed by atoms with E-state index in [1.165, 1.54) is 5.69 Å². The number of rotatable bonds is 2. The topological polar surface area (TPSA) is 45.7 Å². The maximum atomic E-state index is 5.40. The number of nitrogens with zero attached hydrogens (tertiary/aromatic N) is 3. The van der Waals surface area contributed by atoms with Crippen molar-refractivity contribution in [3.8, 4) is 11.5 Å². The second kappa shape index (κ2) is 4.68. The zero-order chi connectivity index (χ0) is 13.4. The number of anilines is 1. The van der Waals surface area contributed by atoms with Gasteiger partial charge in [-0.15, -0.1) is 0 Å². The van der Waals surface area contributed by atoms with E-state index in [1.54, 1.807) is 6.26 Å². The number of piperazine rings is 1. The fraction of sp³-hybridized carbons (Fsp3) is 0.267. The fourth-order valence-electron chi connectivity index (χ4n) is 2.63. The summed E-state index contributed by atoms with van der Waals surface area (Å²) in [6, 6.07) is 8.09. The number of hydrogen-bond donors (Lipinski definition) is 1. The van der Waals surface area contributed by atoms with Crippen molar-refractivity contribution in [3.05, 3.63) is 42.9 Å². The van der Waals surface area contributed by atoms with Gasteiger partial charge in [-0.05, 0) is 18.2 Å². The highest BCUT2D eigenvalue weighted by Gasteiger charge is 2.12. The third-order valence-corrected chi connectivity index (χ3v) is 3.70. The van der Waals surface area contributed by atoms with Gasteiger partial charge in [0.2, 0.25) is 0 Å². The molecule has 4 rings (SSSR count). The van der Waals surface area contributed by atoms with E-state index in [0.717, 1.165) is 43.3 Å². The molecule has 5 heteroatoms. The average molecular weight is 268 g/mol. The first-order valence-corrected chi connectivity index (χ1v) is 6.88. The van der Waals surface area contributed by atoms with Gasteiger partial charge in [-0.2, -0.15) is 0 Å². The van der Waals surface area contributed by atoms with Gasteiger partial charge in [0.05, 0.1) is 6.26 Å². The average Bonchev–Trinajstić information content (AvgIpc) is 3.16. The molecule has 20 heavy (non-hydrogen) atoms. The maximum Gasteiger partial charge on any atom is 0.153 e. The van der Waals surface area contributed by atoms with Gasteiger partial charge < -0.3 is 19.0 Å². The lowest BCUT2D eigenvalue weighted by molar-refractivity contribution is 0.580. The van der Waals surface area contributed by atoms with Crippen LogP contribution >= 0.6 is 0 Å². The molecule has 0 saturated carbocycles. The zero-order valence-electron chi connectivity index (χ0n) is 11.1. The molecule has 0 aliphatic carbocycles. The summed E-state index contributed by atoms with van der Waals surface area (Å²) < 4.78 is 7.43. The summed E-state index contributed by atoms with van der Waals surface area (Å²) in [6.07, 6.45) is 5.73. The summed E-state index contributed by atoms with van der Waals surface area (Å²) in [5, 5.41) is 3.37. The Labute approximate surface area is 116 Å². The van der Waals surface area contributed by atoms with Crippen LogP contribution in [0, 0.1) is 0 Å². The molecule has 1 N–H and O–H groups in total. The van der Waals surface area contributed by atoms with E-state index in [9.17, 15) is 0 Å². The largest absolute Gasteiger partial charge is 0.463 e. The summed E-state index contributed by atoms with van der Waals surface area (Å²) >= 11 is 0. The summed E-state index contributed by atoms with van der Waals surface area (Å²) in [5.74, 6) is 0.803. The molecule has 0 bridgehead atoms. The third-order valence-electron chi connectivity index (χ3n) is 3.70. The van der Waals surface area contributed by atoms with Crippen molar-refractivity contribution in [2.45, 2.75) is 0 Å². The Morgan fingerprint density at radius 3 is 2.90 bits per heavy atom. The van der Waals surface area contributed by atoms with E-state index >= 15 is 0 Å². The SMILES string of the molecule is c1coc(-c2cn3ccc(N4CCNCC4)cc3n2)c1. The number of aromatic nitrogens is 2. The van der Waals surface area contributed by atoms with Crippen LogP contribution in [-0.4, -0.2) is 35.6 Å².